The molecule has 0 radical (unpaired) electrons. The molecule has 1 aliphatic carbocycles. The molecule has 2 aromatic carbocycles. The number of Topliss-reactive ketones (excluding diaryl/α,β-unsaturated/α-hetero) is 1. The summed E-state index contributed by atoms with van der Waals surface area (Å²) in [4.78, 5) is 40.1. The average Bonchev–Trinajstić information content (AvgIpc) is 3.53. The van der Waals surface area contributed by atoms with Crippen LogP contribution in [0.3, 0.4) is 0 Å². The van der Waals surface area contributed by atoms with Gasteiger partial charge in [-0.05, 0) is 60.2 Å². The van der Waals surface area contributed by atoms with Crippen LogP contribution < -0.4 is 14.8 Å². The number of fused-ring (bicyclic) bond motifs is 3. The number of carboxylic acids is 1. The topological polar surface area (TPSA) is 118 Å². The largest absolute Gasteiger partial charge is 0.481 e. The number of aromatic amines is 1. The van der Waals surface area contributed by atoms with Crippen LogP contribution in [0.15, 0.2) is 36.4 Å². The van der Waals surface area contributed by atoms with Crippen molar-refractivity contribution in [1.82, 2.24) is 4.98 Å². The zero-order valence-corrected chi connectivity index (χ0v) is 18.8. The third-order valence-electron chi connectivity index (χ3n) is 6.71. The molecule has 0 spiro atoms. The highest BCUT2D eigenvalue weighted by Crippen LogP contribution is 2.40. The number of aliphatic carboxylic acids is 1. The van der Waals surface area contributed by atoms with E-state index in [1.165, 1.54) is 0 Å². The molecular weight excluding hydrogens is 448 g/mol. The molecule has 35 heavy (non-hydrogen) atoms. The fourth-order valence-corrected chi connectivity index (χ4v) is 5.04. The van der Waals surface area contributed by atoms with E-state index in [1.807, 2.05) is 36.4 Å². The van der Waals surface area contributed by atoms with Crippen molar-refractivity contribution < 1.29 is 29.0 Å². The highest BCUT2D eigenvalue weighted by Gasteiger charge is 2.29. The number of carboxylic acid groups (broad SMARTS) is 1. The number of amides is 1. The molecule has 3 heterocycles. The number of nitrogens with one attached hydrogen (secondary N) is 2. The molecule has 0 bridgehead atoms. The van der Waals surface area contributed by atoms with Gasteiger partial charge in [0.25, 0.3) is 5.91 Å². The van der Waals surface area contributed by atoms with E-state index >= 15 is 0 Å². The lowest BCUT2D eigenvalue weighted by Crippen LogP contribution is -2.11. The lowest BCUT2D eigenvalue weighted by Gasteiger charge is -2.11. The van der Waals surface area contributed by atoms with E-state index in [2.05, 4.69) is 10.3 Å². The van der Waals surface area contributed by atoms with Crippen LogP contribution in [0.5, 0.6) is 11.5 Å². The minimum atomic E-state index is -0.929. The molecule has 3 aromatic rings. The number of aromatic nitrogens is 1. The highest BCUT2D eigenvalue weighted by atomic mass is 16.7. The number of anilines is 1. The van der Waals surface area contributed by atoms with Crippen LogP contribution in [-0.4, -0.2) is 34.5 Å². The molecule has 8 nitrogen and oxygen atoms in total. The molecule has 0 saturated heterocycles. The first-order valence-electron chi connectivity index (χ1n) is 11.5. The molecule has 2 aliphatic heterocycles. The number of ether oxygens (including phenoxy) is 2. The van der Waals surface area contributed by atoms with Crippen molar-refractivity contribution >= 4 is 35.0 Å². The Morgan fingerprint density at radius 3 is 2.69 bits per heavy atom. The fourth-order valence-electron chi connectivity index (χ4n) is 5.04. The van der Waals surface area contributed by atoms with Gasteiger partial charge in [-0.25, -0.2) is 0 Å². The van der Waals surface area contributed by atoms with Gasteiger partial charge in [-0.1, -0.05) is 18.2 Å². The van der Waals surface area contributed by atoms with Gasteiger partial charge < -0.3 is 24.9 Å². The summed E-state index contributed by atoms with van der Waals surface area (Å²) in [6.45, 7) is 0.204. The maximum absolute atomic E-state index is 12.9. The molecule has 0 atom stereocenters. The molecule has 3 aliphatic rings. The first-order valence-corrected chi connectivity index (χ1v) is 11.5. The van der Waals surface area contributed by atoms with Gasteiger partial charge in [0.05, 0.1) is 5.57 Å². The lowest BCUT2D eigenvalue weighted by atomic mass is 9.91. The van der Waals surface area contributed by atoms with Crippen molar-refractivity contribution in [3.8, 4) is 22.6 Å². The summed E-state index contributed by atoms with van der Waals surface area (Å²) < 4.78 is 10.9. The smallest absolute Gasteiger partial charge is 0.303 e. The molecule has 176 valence electrons. The van der Waals surface area contributed by atoms with Crippen molar-refractivity contribution in [3.05, 3.63) is 64.5 Å². The van der Waals surface area contributed by atoms with Crippen LogP contribution in [0.1, 0.15) is 52.1 Å². The Balaban J connectivity index is 1.39. The van der Waals surface area contributed by atoms with Crippen molar-refractivity contribution in [2.24, 2.45) is 0 Å². The van der Waals surface area contributed by atoms with Crippen LogP contribution in [0.25, 0.3) is 22.8 Å². The molecule has 0 fully saturated rings. The van der Waals surface area contributed by atoms with Gasteiger partial charge >= 0.3 is 5.97 Å². The summed E-state index contributed by atoms with van der Waals surface area (Å²) in [5.74, 6) is 0.246. The van der Waals surface area contributed by atoms with E-state index in [0.717, 1.165) is 35.2 Å². The number of hydrogen-bond donors (Lipinski definition) is 3. The minimum Gasteiger partial charge on any atom is -0.481 e. The summed E-state index contributed by atoms with van der Waals surface area (Å²) in [5.41, 5.74) is 6.51. The molecule has 1 amide bonds. The molecule has 3 N–H and O–H groups in total. The number of carbonyl (C=O) groups excluding carboxylic acids is 2. The second-order valence-corrected chi connectivity index (χ2v) is 8.88. The first-order chi connectivity index (χ1) is 17.0. The second kappa shape index (κ2) is 8.16. The van der Waals surface area contributed by atoms with E-state index in [0.29, 0.717) is 46.0 Å². The van der Waals surface area contributed by atoms with E-state index in [4.69, 9.17) is 9.47 Å². The molecule has 0 unspecified atom stereocenters. The second-order valence-electron chi connectivity index (χ2n) is 8.88. The number of carbonyl (C=O) groups is 3. The number of hydrogen-bond acceptors (Lipinski definition) is 5. The zero-order valence-electron chi connectivity index (χ0n) is 18.8. The van der Waals surface area contributed by atoms with E-state index in [-0.39, 0.29) is 31.3 Å². The monoisotopic (exact) mass is 470 g/mol. The Labute approximate surface area is 200 Å². The zero-order chi connectivity index (χ0) is 24.1. The van der Waals surface area contributed by atoms with Gasteiger partial charge in [-0.15, -0.1) is 0 Å². The highest BCUT2D eigenvalue weighted by molar-refractivity contribution is 6.35. The first kappa shape index (κ1) is 21.2. The van der Waals surface area contributed by atoms with Gasteiger partial charge in [0.1, 0.15) is 0 Å². The van der Waals surface area contributed by atoms with Crippen molar-refractivity contribution in [1.29, 1.82) is 0 Å². The summed E-state index contributed by atoms with van der Waals surface area (Å²) in [6, 6.07) is 11.5. The Bertz CT molecular complexity index is 1450. The van der Waals surface area contributed by atoms with E-state index in [1.54, 1.807) is 6.08 Å². The average molecular weight is 470 g/mol. The summed E-state index contributed by atoms with van der Waals surface area (Å²) >= 11 is 0. The maximum atomic E-state index is 12.9. The number of aryl methyl sites for hydroxylation is 1. The molecular formula is C27H22N2O6. The third-order valence-corrected chi connectivity index (χ3v) is 6.71. The number of ketones is 1. The van der Waals surface area contributed by atoms with Gasteiger partial charge in [0.2, 0.25) is 6.79 Å². The number of H-pyrrole nitrogens is 1. The molecule has 1 aromatic heterocycles. The maximum Gasteiger partial charge on any atom is 0.303 e. The van der Waals surface area contributed by atoms with Gasteiger partial charge in [0.15, 0.2) is 17.3 Å². The quantitative estimate of drug-likeness (QED) is 0.475. The number of rotatable bonds is 5. The van der Waals surface area contributed by atoms with E-state index < -0.39 is 5.97 Å². The predicted molar refractivity (Wildman–Crippen MR) is 129 cm³/mol. The Hall–Kier alpha value is -4.33. The van der Waals surface area contributed by atoms with Crippen molar-refractivity contribution in [2.45, 2.75) is 32.1 Å². The summed E-state index contributed by atoms with van der Waals surface area (Å²) in [5, 5.41) is 12.1. The van der Waals surface area contributed by atoms with Gasteiger partial charge in [-0.3, -0.25) is 14.4 Å². The van der Waals surface area contributed by atoms with E-state index in [9.17, 15) is 19.5 Å². The minimum absolute atomic E-state index is 0.0252. The van der Waals surface area contributed by atoms with Crippen molar-refractivity contribution in [3.63, 3.8) is 0 Å². The number of benzene rings is 2. The van der Waals surface area contributed by atoms with Crippen LogP contribution in [0.4, 0.5) is 5.69 Å². The summed E-state index contributed by atoms with van der Waals surface area (Å²) in [6.07, 6.45) is 3.81. The molecule has 6 rings (SSSR count). The normalized spacial score (nSPS) is 16.9. The van der Waals surface area contributed by atoms with Crippen LogP contribution in [-0.2, 0) is 22.4 Å². The third kappa shape index (κ3) is 3.67. The Morgan fingerprint density at radius 2 is 1.83 bits per heavy atom. The van der Waals surface area contributed by atoms with Crippen LogP contribution in [0, 0.1) is 0 Å². The standard InChI is InChI=1S/C27H22N2O6/c30-22-3-1-2-19-26(22)17(7-9-25(31)32)21(28-19)12-18-16-6-4-14(10-20(16)29-27(18)33)15-5-8-23-24(11-15)35-13-34-23/h4-6,8,10-12,28H,1-3,7,9,13H2,(H,29,33)(H,31,32). The molecule has 8 heteroatoms. The Morgan fingerprint density at radius 1 is 1.03 bits per heavy atom. The summed E-state index contributed by atoms with van der Waals surface area (Å²) in [7, 11) is 0. The van der Waals surface area contributed by atoms with Gasteiger partial charge in [-0.2, -0.15) is 0 Å². The molecule has 0 saturated carbocycles. The van der Waals surface area contributed by atoms with Crippen molar-refractivity contribution in [2.75, 3.05) is 12.1 Å². The van der Waals surface area contributed by atoms with Crippen LogP contribution >= 0.6 is 0 Å². The Kier molecular flexibility index (Phi) is 4.95. The van der Waals surface area contributed by atoms with Gasteiger partial charge in [0, 0.05) is 41.0 Å². The lowest BCUT2D eigenvalue weighted by molar-refractivity contribution is -0.137. The van der Waals surface area contributed by atoms with Crippen LogP contribution in [0.2, 0.25) is 0 Å². The predicted octanol–water partition coefficient (Wildman–Crippen LogP) is 4.44. The fraction of sp³-hybridized carbons (Fsp3) is 0.222. The SMILES string of the molecule is O=C(O)CCc1c(C=C2C(=O)Nc3cc(-c4ccc5c(c4)OCO5)ccc32)[nH]c2c1C(=O)CCC2.